The molecule has 0 radical (unpaired) electrons. The minimum Gasteiger partial charge on any atom is -0.381 e. The number of hydrogen-bond acceptors (Lipinski definition) is 3. The first-order chi connectivity index (χ1) is 9.15. The molecule has 0 aliphatic carbocycles. The third-order valence-electron chi connectivity index (χ3n) is 3.19. The Hall–Kier alpha value is -0.580. The Morgan fingerprint density at radius 3 is 2.79 bits per heavy atom. The first-order valence-electron chi connectivity index (χ1n) is 6.91. The summed E-state index contributed by atoms with van der Waals surface area (Å²) < 4.78 is 18.8. The highest BCUT2D eigenvalue weighted by Gasteiger charge is 2.17. The van der Waals surface area contributed by atoms with E-state index in [-0.39, 0.29) is 5.82 Å². The van der Waals surface area contributed by atoms with Crippen LogP contribution < -0.4 is 5.32 Å². The first-order valence-corrected chi connectivity index (χ1v) is 7.79. The van der Waals surface area contributed by atoms with Crippen molar-refractivity contribution in [1.82, 2.24) is 5.32 Å². The maximum absolute atomic E-state index is 13.4. The van der Waals surface area contributed by atoms with Gasteiger partial charge in [0.1, 0.15) is 5.82 Å². The molecule has 1 fully saturated rings. The quantitative estimate of drug-likeness (QED) is 0.892. The van der Waals surface area contributed by atoms with Gasteiger partial charge in [0.05, 0.1) is 0 Å². The molecule has 106 valence electrons. The lowest BCUT2D eigenvalue weighted by Crippen LogP contribution is -2.22. The van der Waals surface area contributed by atoms with Crippen molar-refractivity contribution < 1.29 is 9.13 Å². The van der Waals surface area contributed by atoms with Gasteiger partial charge in [-0.3, -0.25) is 0 Å². The third kappa shape index (κ3) is 4.79. The Morgan fingerprint density at radius 1 is 1.37 bits per heavy atom. The predicted molar refractivity (Wildman–Crippen MR) is 78.1 cm³/mol. The largest absolute Gasteiger partial charge is 0.381 e. The van der Waals surface area contributed by atoms with E-state index in [0.29, 0.717) is 11.3 Å². The smallest absolute Gasteiger partial charge is 0.123 e. The van der Waals surface area contributed by atoms with Gasteiger partial charge < -0.3 is 10.1 Å². The number of rotatable bonds is 5. The first kappa shape index (κ1) is 14.8. The van der Waals surface area contributed by atoms with Crippen molar-refractivity contribution in [3.63, 3.8) is 0 Å². The topological polar surface area (TPSA) is 21.3 Å². The predicted octanol–water partition coefficient (Wildman–Crippen LogP) is 3.59. The zero-order valence-corrected chi connectivity index (χ0v) is 12.4. The van der Waals surface area contributed by atoms with E-state index in [0.717, 1.165) is 38.2 Å². The number of benzene rings is 1. The summed E-state index contributed by atoms with van der Waals surface area (Å²) in [6.07, 6.45) is 2.16. The second-order valence-corrected chi connectivity index (χ2v) is 6.56. The fourth-order valence-electron chi connectivity index (χ4n) is 2.09. The van der Waals surface area contributed by atoms with Crippen LogP contribution in [0.15, 0.2) is 23.1 Å². The second kappa shape index (κ2) is 7.27. The third-order valence-corrected chi connectivity index (χ3v) is 4.64. The summed E-state index contributed by atoms with van der Waals surface area (Å²) in [5, 5.41) is 3.96. The normalized spacial score (nSPS) is 17.1. The van der Waals surface area contributed by atoms with E-state index >= 15 is 0 Å². The van der Waals surface area contributed by atoms with E-state index in [9.17, 15) is 4.39 Å². The molecule has 0 amide bonds. The van der Waals surface area contributed by atoms with Crippen LogP contribution in [0.1, 0.15) is 32.3 Å². The van der Waals surface area contributed by atoms with Crippen molar-refractivity contribution in [2.45, 2.75) is 49.4 Å². The summed E-state index contributed by atoms with van der Waals surface area (Å²) in [6.45, 7) is 6.62. The van der Waals surface area contributed by atoms with Crippen LogP contribution in [0.5, 0.6) is 0 Å². The maximum atomic E-state index is 13.4. The van der Waals surface area contributed by atoms with Gasteiger partial charge in [-0.2, -0.15) is 0 Å². The Labute approximate surface area is 119 Å². The van der Waals surface area contributed by atoms with Crippen LogP contribution in [-0.2, 0) is 11.3 Å². The number of hydrogen-bond donors (Lipinski definition) is 1. The molecule has 4 heteroatoms. The zero-order valence-electron chi connectivity index (χ0n) is 11.6. The number of halogens is 1. The van der Waals surface area contributed by atoms with Crippen LogP contribution in [0.3, 0.4) is 0 Å². The van der Waals surface area contributed by atoms with Crippen molar-refractivity contribution in [3.8, 4) is 0 Å². The van der Waals surface area contributed by atoms with E-state index in [1.807, 2.05) is 17.8 Å². The van der Waals surface area contributed by atoms with E-state index < -0.39 is 0 Å². The van der Waals surface area contributed by atoms with Gasteiger partial charge in [0, 0.05) is 35.9 Å². The molecule has 0 saturated carbocycles. The average molecular weight is 283 g/mol. The monoisotopic (exact) mass is 283 g/mol. The summed E-state index contributed by atoms with van der Waals surface area (Å²) in [5.41, 5.74) is 1.06. The summed E-state index contributed by atoms with van der Waals surface area (Å²) in [6, 6.07) is 5.52. The van der Waals surface area contributed by atoms with E-state index in [1.165, 1.54) is 4.90 Å². The average Bonchev–Trinajstić information content (AvgIpc) is 2.40. The fraction of sp³-hybridized carbons (Fsp3) is 0.600. The molecular formula is C15H22FNOS. The minimum absolute atomic E-state index is 0.156. The van der Waals surface area contributed by atoms with Crippen molar-refractivity contribution in [2.24, 2.45) is 0 Å². The standard InChI is InChI=1S/C15H22FNOS/c1-11(2)17-10-12-9-13(16)3-4-15(12)19-14-5-7-18-8-6-14/h3-4,9,11,14,17H,5-8,10H2,1-2H3. The number of ether oxygens (including phenoxy) is 1. The summed E-state index contributed by atoms with van der Waals surface area (Å²) in [4.78, 5) is 1.20. The van der Waals surface area contributed by atoms with Gasteiger partial charge in [-0.05, 0) is 36.6 Å². The Balaban J connectivity index is 2.04. The summed E-state index contributed by atoms with van der Waals surface area (Å²) in [7, 11) is 0. The molecule has 0 bridgehead atoms. The molecule has 1 heterocycles. The molecule has 0 aromatic heterocycles. The molecule has 1 aliphatic rings. The van der Waals surface area contributed by atoms with E-state index in [4.69, 9.17) is 4.74 Å². The Morgan fingerprint density at radius 2 is 2.11 bits per heavy atom. The maximum Gasteiger partial charge on any atom is 0.123 e. The Bertz CT molecular complexity index is 405. The van der Waals surface area contributed by atoms with Crippen LogP contribution in [-0.4, -0.2) is 24.5 Å². The molecule has 2 nitrogen and oxygen atoms in total. The van der Waals surface area contributed by atoms with Crippen LogP contribution >= 0.6 is 11.8 Å². The van der Waals surface area contributed by atoms with Crippen molar-refractivity contribution >= 4 is 11.8 Å². The van der Waals surface area contributed by atoms with Gasteiger partial charge >= 0.3 is 0 Å². The second-order valence-electron chi connectivity index (χ2n) is 5.22. The number of thioether (sulfide) groups is 1. The van der Waals surface area contributed by atoms with Gasteiger partial charge in [-0.25, -0.2) is 4.39 Å². The molecule has 0 unspecified atom stereocenters. The van der Waals surface area contributed by atoms with E-state index in [1.54, 1.807) is 12.1 Å². The van der Waals surface area contributed by atoms with Gasteiger partial charge in [0.2, 0.25) is 0 Å². The van der Waals surface area contributed by atoms with Gasteiger partial charge in [0.15, 0.2) is 0 Å². The molecule has 0 atom stereocenters. The lowest BCUT2D eigenvalue weighted by Gasteiger charge is -2.23. The van der Waals surface area contributed by atoms with Gasteiger partial charge in [-0.15, -0.1) is 11.8 Å². The van der Waals surface area contributed by atoms with Crippen LogP contribution in [0.25, 0.3) is 0 Å². The highest BCUT2D eigenvalue weighted by atomic mass is 32.2. The van der Waals surface area contributed by atoms with Gasteiger partial charge in [0.25, 0.3) is 0 Å². The highest BCUT2D eigenvalue weighted by molar-refractivity contribution is 8.00. The lowest BCUT2D eigenvalue weighted by atomic mass is 10.2. The summed E-state index contributed by atoms with van der Waals surface area (Å²) in [5.74, 6) is -0.156. The molecule has 2 rings (SSSR count). The molecule has 1 aromatic carbocycles. The van der Waals surface area contributed by atoms with Crippen LogP contribution in [0.2, 0.25) is 0 Å². The van der Waals surface area contributed by atoms with E-state index in [2.05, 4.69) is 19.2 Å². The minimum atomic E-state index is -0.156. The van der Waals surface area contributed by atoms with Gasteiger partial charge in [-0.1, -0.05) is 13.8 Å². The summed E-state index contributed by atoms with van der Waals surface area (Å²) >= 11 is 1.86. The van der Waals surface area contributed by atoms with Crippen molar-refractivity contribution in [3.05, 3.63) is 29.6 Å². The highest BCUT2D eigenvalue weighted by Crippen LogP contribution is 2.32. The Kier molecular flexibility index (Phi) is 5.67. The van der Waals surface area contributed by atoms with Crippen molar-refractivity contribution in [2.75, 3.05) is 13.2 Å². The molecule has 1 saturated heterocycles. The van der Waals surface area contributed by atoms with Crippen LogP contribution in [0.4, 0.5) is 4.39 Å². The molecule has 19 heavy (non-hydrogen) atoms. The molecule has 1 N–H and O–H groups in total. The fourth-order valence-corrected chi connectivity index (χ4v) is 3.30. The molecule has 1 aliphatic heterocycles. The van der Waals surface area contributed by atoms with Crippen LogP contribution in [0, 0.1) is 5.82 Å². The zero-order chi connectivity index (χ0) is 13.7. The number of nitrogens with one attached hydrogen (secondary N) is 1. The van der Waals surface area contributed by atoms with Crippen molar-refractivity contribution in [1.29, 1.82) is 0 Å². The molecular weight excluding hydrogens is 261 g/mol. The molecule has 1 aromatic rings. The SMILES string of the molecule is CC(C)NCc1cc(F)ccc1SC1CCOCC1. The molecule has 0 spiro atoms. The lowest BCUT2D eigenvalue weighted by molar-refractivity contribution is 0.1000.